The summed E-state index contributed by atoms with van der Waals surface area (Å²) in [6.45, 7) is 18.5. The average Bonchev–Trinajstić information content (AvgIpc) is 3.15. The van der Waals surface area contributed by atoms with Crippen molar-refractivity contribution in [2.24, 2.45) is 10.8 Å². The number of benzene rings is 3. The highest BCUT2D eigenvalue weighted by Gasteiger charge is 2.36. The van der Waals surface area contributed by atoms with Gasteiger partial charge in [-0.1, -0.05) is 97.9 Å². The van der Waals surface area contributed by atoms with Gasteiger partial charge in [-0.15, -0.1) is 0 Å². The smallest absolute Gasteiger partial charge is 0.139 e. The van der Waals surface area contributed by atoms with E-state index in [1.165, 1.54) is 44.0 Å². The summed E-state index contributed by atoms with van der Waals surface area (Å²) in [5, 5.41) is 3.72. The summed E-state index contributed by atoms with van der Waals surface area (Å²) in [4.78, 5) is 5.29. The van der Waals surface area contributed by atoms with E-state index in [2.05, 4.69) is 110 Å². The van der Waals surface area contributed by atoms with Gasteiger partial charge in [0.1, 0.15) is 11.2 Å². The number of aromatic nitrogens is 1. The van der Waals surface area contributed by atoms with Crippen LogP contribution in [-0.2, 0) is 18.3 Å². The Balaban J connectivity index is 1.80. The number of hydrogen-bond acceptors (Lipinski definition) is 2. The van der Waals surface area contributed by atoms with Crippen molar-refractivity contribution in [1.29, 1.82) is 0 Å². The van der Waals surface area contributed by atoms with Crippen molar-refractivity contribution < 1.29 is 4.42 Å². The molecule has 0 aliphatic heterocycles. The van der Waals surface area contributed by atoms with Gasteiger partial charge in [-0.25, -0.2) is 4.98 Å². The molecule has 0 radical (unpaired) electrons. The highest BCUT2D eigenvalue weighted by Crippen LogP contribution is 2.51. The molecule has 0 atom stereocenters. The molecule has 0 spiro atoms. The second kappa shape index (κ2) is 7.44. The van der Waals surface area contributed by atoms with Gasteiger partial charge in [-0.05, 0) is 58.1 Å². The van der Waals surface area contributed by atoms with Crippen LogP contribution in [0.5, 0.6) is 0 Å². The first kappa shape index (κ1) is 23.3. The monoisotopic (exact) mass is 475 g/mol. The van der Waals surface area contributed by atoms with Gasteiger partial charge in [0.15, 0.2) is 0 Å². The third-order valence-electron chi connectivity index (χ3n) is 7.70. The molecule has 0 amide bonds. The Hall–Kier alpha value is -3.13. The lowest BCUT2D eigenvalue weighted by Crippen LogP contribution is -2.20. The summed E-state index contributed by atoms with van der Waals surface area (Å²) >= 11 is 0. The zero-order valence-corrected chi connectivity index (χ0v) is 23.0. The van der Waals surface area contributed by atoms with Gasteiger partial charge in [0.25, 0.3) is 0 Å². The Morgan fingerprint density at radius 2 is 1.33 bits per heavy atom. The van der Waals surface area contributed by atoms with E-state index >= 15 is 0 Å². The van der Waals surface area contributed by atoms with Crippen LogP contribution in [0.25, 0.3) is 44.1 Å². The largest absolute Gasteiger partial charge is 0.455 e. The second-order valence-corrected chi connectivity index (χ2v) is 13.7. The van der Waals surface area contributed by atoms with Crippen LogP contribution in [-0.4, -0.2) is 4.98 Å². The first-order valence-electron chi connectivity index (χ1n) is 13.2. The quantitative estimate of drug-likeness (QED) is 0.254. The number of pyridine rings is 1. The first-order valence-corrected chi connectivity index (χ1v) is 13.2. The summed E-state index contributed by atoms with van der Waals surface area (Å²) in [5.74, 6) is 0. The van der Waals surface area contributed by atoms with Gasteiger partial charge in [-0.2, -0.15) is 0 Å². The van der Waals surface area contributed by atoms with E-state index in [0.29, 0.717) is 0 Å². The molecule has 0 unspecified atom stereocenters. The summed E-state index contributed by atoms with van der Waals surface area (Å²) in [5.41, 5.74) is 10.7. The zero-order valence-electron chi connectivity index (χ0n) is 23.0. The SMILES string of the molecule is CC(C)(C)Cc1ccc2c3c1oc1c(CC(C)(C)C)ccc(c13)C(C)(C)c1cc3ccccc3nc1-2. The van der Waals surface area contributed by atoms with E-state index in [1.807, 2.05) is 0 Å². The maximum atomic E-state index is 6.93. The summed E-state index contributed by atoms with van der Waals surface area (Å²) in [6.07, 6.45) is 1.94. The van der Waals surface area contributed by atoms with Crippen molar-refractivity contribution >= 4 is 32.8 Å². The molecule has 2 nitrogen and oxygen atoms in total. The lowest BCUT2D eigenvalue weighted by molar-refractivity contribution is 0.408. The minimum atomic E-state index is -0.217. The Bertz CT molecular complexity index is 1670. The number of para-hydroxylation sites is 1. The van der Waals surface area contributed by atoms with Crippen molar-refractivity contribution in [2.45, 2.75) is 73.6 Å². The zero-order chi connectivity index (χ0) is 25.6. The maximum Gasteiger partial charge on any atom is 0.139 e. The third-order valence-corrected chi connectivity index (χ3v) is 7.70. The third kappa shape index (κ3) is 3.57. The standard InChI is InChI=1S/C34H37NO/c1-32(2,3)18-21-13-15-23-27-28-24(16-14-22(19-33(4,5)6)31(28)36-30(21)27)34(7,8)25-17-20-11-9-10-12-26(20)35-29(23)25/h9-17H,18-19H2,1-8H3. The van der Waals surface area contributed by atoms with E-state index < -0.39 is 0 Å². The number of nitrogens with zero attached hydrogens (tertiary/aromatic N) is 1. The molecule has 3 aromatic carbocycles. The topological polar surface area (TPSA) is 26.0 Å². The van der Waals surface area contributed by atoms with Crippen LogP contribution in [0, 0.1) is 10.8 Å². The first-order chi connectivity index (χ1) is 16.8. The minimum absolute atomic E-state index is 0.163. The van der Waals surface area contributed by atoms with E-state index in [9.17, 15) is 0 Å². The lowest BCUT2D eigenvalue weighted by atomic mass is 9.75. The molecule has 0 fully saturated rings. The summed E-state index contributed by atoms with van der Waals surface area (Å²) < 4.78 is 6.93. The van der Waals surface area contributed by atoms with Gasteiger partial charge in [-0.3, -0.25) is 0 Å². The number of rotatable bonds is 2. The Kier molecular flexibility index (Phi) is 4.81. The predicted octanol–water partition coefficient (Wildman–Crippen LogP) is 9.62. The van der Waals surface area contributed by atoms with Crippen molar-refractivity contribution in [3.8, 4) is 11.3 Å². The van der Waals surface area contributed by atoms with Crippen LogP contribution in [0.3, 0.4) is 0 Å². The average molecular weight is 476 g/mol. The van der Waals surface area contributed by atoms with Crippen LogP contribution in [0.2, 0.25) is 0 Å². The number of hydrogen-bond donors (Lipinski definition) is 0. The molecule has 0 saturated carbocycles. The fraction of sp³-hybridized carbons (Fsp3) is 0.382. The van der Waals surface area contributed by atoms with Crippen LogP contribution in [0.1, 0.15) is 77.6 Å². The van der Waals surface area contributed by atoms with Gasteiger partial charge >= 0.3 is 0 Å². The molecule has 2 aromatic heterocycles. The lowest BCUT2D eigenvalue weighted by Gasteiger charge is -2.28. The second-order valence-electron chi connectivity index (χ2n) is 13.7. The van der Waals surface area contributed by atoms with E-state index in [1.54, 1.807) is 0 Å². The minimum Gasteiger partial charge on any atom is -0.455 e. The van der Waals surface area contributed by atoms with Crippen molar-refractivity contribution in [1.82, 2.24) is 4.98 Å². The van der Waals surface area contributed by atoms with E-state index in [0.717, 1.165) is 35.2 Å². The molecule has 6 rings (SSSR count). The summed E-state index contributed by atoms with van der Waals surface area (Å²) in [6, 6.07) is 20.1. The van der Waals surface area contributed by atoms with Crippen LogP contribution in [0.15, 0.2) is 59.0 Å². The molecule has 0 bridgehead atoms. The molecule has 1 aliphatic carbocycles. The van der Waals surface area contributed by atoms with E-state index in [4.69, 9.17) is 9.40 Å². The number of fused-ring (bicyclic) bond motifs is 3. The van der Waals surface area contributed by atoms with Gasteiger partial charge < -0.3 is 4.42 Å². The predicted molar refractivity (Wildman–Crippen MR) is 153 cm³/mol. The van der Waals surface area contributed by atoms with Crippen molar-refractivity contribution in [3.63, 3.8) is 0 Å². The van der Waals surface area contributed by atoms with Crippen LogP contribution >= 0.6 is 0 Å². The highest BCUT2D eigenvalue weighted by molar-refractivity contribution is 6.17. The molecule has 2 heteroatoms. The fourth-order valence-corrected chi connectivity index (χ4v) is 6.17. The molecule has 0 N–H and O–H groups in total. The Morgan fingerprint density at radius 3 is 2.00 bits per heavy atom. The molecular weight excluding hydrogens is 438 g/mol. The molecule has 184 valence electrons. The van der Waals surface area contributed by atoms with Gasteiger partial charge in [0.05, 0.1) is 11.2 Å². The molecule has 5 aromatic rings. The van der Waals surface area contributed by atoms with Crippen molar-refractivity contribution in [3.05, 3.63) is 76.9 Å². The van der Waals surface area contributed by atoms with Gasteiger partial charge in [0.2, 0.25) is 0 Å². The molecular formula is C34H37NO. The Morgan fingerprint density at radius 1 is 0.722 bits per heavy atom. The fourth-order valence-electron chi connectivity index (χ4n) is 6.17. The van der Waals surface area contributed by atoms with Crippen LogP contribution < -0.4 is 0 Å². The normalized spacial score (nSPS) is 15.1. The molecule has 2 heterocycles. The molecule has 0 saturated heterocycles. The highest BCUT2D eigenvalue weighted by atomic mass is 16.3. The van der Waals surface area contributed by atoms with Crippen molar-refractivity contribution in [2.75, 3.05) is 0 Å². The Labute approximate surface area is 214 Å². The maximum absolute atomic E-state index is 6.93. The molecule has 1 aliphatic rings. The van der Waals surface area contributed by atoms with Gasteiger partial charge in [0, 0.05) is 27.1 Å². The number of furan rings is 1. The summed E-state index contributed by atoms with van der Waals surface area (Å²) in [7, 11) is 0. The van der Waals surface area contributed by atoms with Crippen LogP contribution in [0.4, 0.5) is 0 Å². The molecule has 36 heavy (non-hydrogen) atoms. The van der Waals surface area contributed by atoms with E-state index in [-0.39, 0.29) is 16.2 Å².